The summed E-state index contributed by atoms with van der Waals surface area (Å²) < 4.78 is 20.4. The third-order valence-electron chi connectivity index (χ3n) is 3.89. The summed E-state index contributed by atoms with van der Waals surface area (Å²) >= 11 is 5.67. The van der Waals surface area contributed by atoms with Crippen molar-refractivity contribution in [2.24, 2.45) is 0 Å². The standard InChI is InChI=1S/C16H18ClFN4O2/c17-12-8-11(5-6-13(12)18)24-10-16(23)19-9-15-21-20-14-4-2-1-3-7-22(14)15/h5-6,8H,1-4,7,9-10H2,(H,19,23). The van der Waals surface area contributed by atoms with E-state index in [1.165, 1.54) is 24.6 Å². The van der Waals surface area contributed by atoms with Gasteiger partial charge in [-0.1, -0.05) is 18.0 Å². The zero-order valence-electron chi connectivity index (χ0n) is 13.1. The van der Waals surface area contributed by atoms with E-state index in [9.17, 15) is 9.18 Å². The molecule has 6 nitrogen and oxygen atoms in total. The van der Waals surface area contributed by atoms with Crippen molar-refractivity contribution in [3.63, 3.8) is 0 Å². The van der Waals surface area contributed by atoms with E-state index in [4.69, 9.17) is 16.3 Å². The van der Waals surface area contributed by atoms with Gasteiger partial charge in [0.1, 0.15) is 17.4 Å². The van der Waals surface area contributed by atoms with Crippen LogP contribution in [0.15, 0.2) is 18.2 Å². The van der Waals surface area contributed by atoms with Crippen LogP contribution in [0, 0.1) is 5.82 Å². The summed E-state index contributed by atoms with van der Waals surface area (Å²) in [7, 11) is 0. The van der Waals surface area contributed by atoms with Crippen molar-refractivity contribution in [1.82, 2.24) is 20.1 Å². The van der Waals surface area contributed by atoms with Crippen LogP contribution in [-0.2, 0) is 24.3 Å². The molecule has 0 fully saturated rings. The van der Waals surface area contributed by atoms with Crippen LogP contribution in [0.4, 0.5) is 4.39 Å². The van der Waals surface area contributed by atoms with Gasteiger partial charge in [0.25, 0.3) is 5.91 Å². The number of nitrogens with one attached hydrogen (secondary N) is 1. The zero-order valence-corrected chi connectivity index (χ0v) is 13.9. The second-order valence-corrected chi connectivity index (χ2v) is 6.04. The summed E-state index contributed by atoms with van der Waals surface area (Å²) in [6, 6.07) is 3.95. The predicted molar refractivity (Wildman–Crippen MR) is 86.3 cm³/mol. The van der Waals surface area contributed by atoms with Crippen LogP contribution in [0.5, 0.6) is 5.75 Å². The van der Waals surface area contributed by atoms with Gasteiger partial charge in [0.05, 0.1) is 11.6 Å². The molecule has 1 aromatic carbocycles. The van der Waals surface area contributed by atoms with Crippen LogP contribution < -0.4 is 10.1 Å². The SMILES string of the molecule is O=C(COc1ccc(F)c(Cl)c1)NCc1nnc2n1CCCCC2. The minimum Gasteiger partial charge on any atom is -0.484 e. The highest BCUT2D eigenvalue weighted by Gasteiger charge is 2.15. The molecule has 128 valence electrons. The Bertz CT molecular complexity index is 735. The summed E-state index contributed by atoms with van der Waals surface area (Å²) in [5, 5.41) is 11.1. The van der Waals surface area contributed by atoms with Crippen molar-refractivity contribution in [2.75, 3.05) is 6.61 Å². The first-order chi connectivity index (χ1) is 11.6. The molecule has 0 atom stereocenters. The molecule has 1 aromatic heterocycles. The van der Waals surface area contributed by atoms with Gasteiger partial charge < -0.3 is 14.6 Å². The maximum absolute atomic E-state index is 13.1. The lowest BCUT2D eigenvalue weighted by atomic mass is 10.2. The van der Waals surface area contributed by atoms with Gasteiger partial charge in [0, 0.05) is 19.0 Å². The number of rotatable bonds is 5. The van der Waals surface area contributed by atoms with Crippen LogP contribution in [0.3, 0.4) is 0 Å². The van der Waals surface area contributed by atoms with Gasteiger partial charge in [0.15, 0.2) is 12.4 Å². The van der Waals surface area contributed by atoms with Gasteiger partial charge in [-0.05, 0) is 25.0 Å². The first-order valence-electron chi connectivity index (χ1n) is 7.89. The largest absolute Gasteiger partial charge is 0.484 e. The number of hydrogen-bond acceptors (Lipinski definition) is 4. The number of amides is 1. The lowest BCUT2D eigenvalue weighted by molar-refractivity contribution is -0.123. The molecule has 0 unspecified atom stereocenters. The molecule has 1 N–H and O–H groups in total. The van der Waals surface area contributed by atoms with E-state index in [1.807, 2.05) is 0 Å². The maximum atomic E-state index is 13.1. The number of carbonyl (C=O) groups excluding carboxylic acids is 1. The van der Waals surface area contributed by atoms with Crippen molar-refractivity contribution in [1.29, 1.82) is 0 Å². The van der Waals surface area contributed by atoms with Crippen molar-refractivity contribution < 1.29 is 13.9 Å². The number of carbonyl (C=O) groups is 1. The fourth-order valence-electron chi connectivity index (χ4n) is 2.62. The van der Waals surface area contributed by atoms with E-state index in [1.54, 1.807) is 0 Å². The summed E-state index contributed by atoms with van der Waals surface area (Å²) in [6.45, 7) is 1.01. The quantitative estimate of drug-likeness (QED) is 0.897. The molecule has 0 aliphatic carbocycles. The zero-order chi connectivity index (χ0) is 16.9. The second kappa shape index (κ2) is 7.61. The van der Waals surface area contributed by atoms with E-state index in [2.05, 4.69) is 20.1 Å². The second-order valence-electron chi connectivity index (χ2n) is 5.64. The third-order valence-corrected chi connectivity index (χ3v) is 4.18. The predicted octanol–water partition coefficient (Wildman–Crippen LogP) is 2.49. The number of halogens is 2. The number of benzene rings is 1. The van der Waals surface area contributed by atoms with Crippen LogP contribution in [0.2, 0.25) is 5.02 Å². The molecule has 2 aromatic rings. The lowest BCUT2D eigenvalue weighted by Crippen LogP contribution is -2.29. The molecule has 2 heterocycles. The molecule has 0 saturated heterocycles. The van der Waals surface area contributed by atoms with Crippen LogP contribution in [-0.4, -0.2) is 27.3 Å². The molecule has 1 aliphatic heterocycles. The summed E-state index contributed by atoms with van der Waals surface area (Å²) in [5.41, 5.74) is 0. The molecule has 8 heteroatoms. The summed E-state index contributed by atoms with van der Waals surface area (Å²) in [4.78, 5) is 11.9. The molecular formula is C16H18ClFN4O2. The van der Waals surface area contributed by atoms with Gasteiger partial charge in [-0.2, -0.15) is 0 Å². The Labute approximate surface area is 144 Å². The topological polar surface area (TPSA) is 69.0 Å². The molecule has 0 radical (unpaired) electrons. The maximum Gasteiger partial charge on any atom is 0.258 e. The van der Waals surface area contributed by atoms with E-state index < -0.39 is 5.82 Å². The summed E-state index contributed by atoms with van der Waals surface area (Å²) in [6.07, 6.45) is 4.33. The van der Waals surface area contributed by atoms with Crippen molar-refractivity contribution in [3.05, 3.63) is 40.7 Å². The molecular weight excluding hydrogens is 335 g/mol. The number of fused-ring (bicyclic) bond motifs is 1. The van der Waals surface area contributed by atoms with E-state index in [0.717, 1.165) is 37.5 Å². The van der Waals surface area contributed by atoms with Crippen LogP contribution >= 0.6 is 11.6 Å². The Morgan fingerprint density at radius 1 is 1.33 bits per heavy atom. The van der Waals surface area contributed by atoms with E-state index in [-0.39, 0.29) is 17.5 Å². The fraction of sp³-hybridized carbons (Fsp3) is 0.438. The molecule has 0 bridgehead atoms. The molecule has 24 heavy (non-hydrogen) atoms. The Morgan fingerprint density at radius 3 is 3.04 bits per heavy atom. The third kappa shape index (κ3) is 4.03. The van der Waals surface area contributed by atoms with Gasteiger partial charge in [-0.15, -0.1) is 10.2 Å². The monoisotopic (exact) mass is 352 g/mol. The highest BCUT2D eigenvalue weighted by Crippen LogP contribution is 2.21. The first kappa shape index (κ1) is 16.7. The minimum atomic E-state index is -0.527. The highest BCUT2D eigenvalue weighted by molar-refractivity contribution is 6.30. The Kier molecular flexibility index (Phi) is 5.30. The average Bonchev–Trinajstić information content (AvgIpc) is 2.80. The molecule has 0 spiro atoms. The minimum absolute atomic E-state index is 0.0425. The number of ether oxygens (including phenoxy) is 1. The number of nitrogens with zero attached hydrogens (tertiary/aromatic N) is 3. The molecule has 3 rings (SSSR count). The molecule has 0 saturated carbocycles. The van der Waals surface area contributed by atoms with Gasteiger partial charge in [0.2, 0.25) is 0 Å². The highest BCUT2D eigenvalue weighted by atomic mass is 35.5. The number of hydrogen-bond donors (Lipinski definition) is 1. The van der Waals surface area contributed by atoms with Crippen LogP contribution in [0.1, 0.15) is 30.9 Å². The fourth-order valence-corrected chi connectivity index (χ4v) is 2.79. The van der Waals surface area contributed by atoms with E-state index >= 15 is 0 Å². The van der Waals surface area contributed by atoms with Crippen LogP contribution in [0.25, 0.3) is 0 Å². The number of aryl methyl sites for hydroxylation is 1. The van der Waals surface area contributed by atoms with Crippen molar-refractivity contribution >= 4 is 17.5 Å². The van der Waals surface area contributed by atoms with Gasteiger partial charge in [-0.25, -0.2) is 4.39 Å². The lowest BCUT2D eigenvalue weighted by Gasteiger charge is -2.09. The Hall–Kier alpha value is -2.15. The smallest absolute Gasteiger partial charge is 0.258 e. The molecule has 1 aliphatic rings. The Balaban J connectivity index is 1.51. The molecule has 1 amide bonds. The first-order valence-corrected chi connectivity index (χ1v) is 8.27. The Morgan fingerprint density at radius 2 is 2.21 bits per heavy atom. The summed E-state index contributed by atoms with van der Waals surface area (Å²) in [5.74, 6) is 1.26. The average molecular weight is 353 g/mol. The van der Waals surface area contributed by atoms with Crippen molar-refractivity contribution in [2.45, 2.75) is 38.8 Å². The van der Waals surface area contributed by atoms with Gasteiger partial charge >= 0.3 is 0 Å². The van der Waals surface area contributed by atoms with E-state index in [0.29, 0.717) is 12.3 Å². The normalized spacial score (nSPS) is 13.9. The van der Waals surface area contributed by atoms with Gasteiger partial charge in [-0.3, -0.25) is 4.79 Å². The number of aromatic nitrogens is 3. The van der Waals surface area contributed by atoms with Crippen molar-refractivity contribution in [3.8, 4) is 5.75 Å².